The van der Waals surface area contributed by atoms with Crippen molar-refractivity contribution in [3.63, 3.8) is 0 Å². The molecule has 0 aromatic carbocycles. The summed E-state index contributed by atoms with van der Waals surface area (Å²) in [6.07, 6.45) is 2.72. The number of aromatic nitrogens is 1. The van der Waals surface area contributed by atoms with Crippen molar-refractivity contribution in [2.24, 2.45) is 5.92 Å². The summed E-state index contributed by atoms with van der Waals surface area (Å²) in [7, 11) is 0. The molecule has 1 unspecified atom stereocenters. The molecule has 0 saturated carbocycles. The Bertz CT molecular complexity index is 515. The Morgan fingerprint density at radius 1 is 1.50 bits per heavy atom. The fourth-order valence-corrected chi connectivity index (χ4v) is 1.71. The lowest BCUT2D eigenvalue weighted by Gasteiger charge is -2.10. The number of carboxylic acid groups (broad SMARTS) is 1. The maximum absolute atomic E-state index is 11.8. The smallest absolute Gasteiger partial charge is 0.337 e. The normalized spacial score (nSPS) is 18.2. The predicted molar refractivity (Wildman–Crippen MR) is 60.9 cm³/mol. The SMILES string of the molecule is O=C1CC(C(=O)Nc2cnccc2C(=O)O)CN1. The van der Waals surface area contributed by atoms with E-state index in [4.69, 9.17) is 5.11 Å². The fourth-order valence-electron chi connectivity index (χ4n) is 1.71. The summed E-state index contributed by atoms with van der Waals surface area (Å²) < 4.78 is 0. The minimum Gasteiger partial charge on any atom is -0.478 e. The molecule has 1 aromatic rings. The van der Waals surface area contributed by atoms with Crippen LogP contribution in [-0.2, 0) is 9.59 Å². The van der Waals surface area contributed by atoms with Gasteiger partial charge in [0.1, 0.15) is 0 Å². The van der Waals surface area contributed by atoms with Gasteiger partial charge in [0.15, 0.2) is 0 Å². The molecule has 94 valence electrons. The van der Waals surface area contributed by atoms with Crippen LogP contribution in [0.15, 0.2) is 18.5 Å². The highest BCUT2D eigenvalue weighted by Gasteiger charge is 2.28. The molecule has 18 heavy (non-hydrogen) atoms. The van der Waals surface area contributed by atoms with Crippen molar-refractivity contribution >= 4 is 23.5 Å². The maximum Gasteiger partial charge on any atom is 0.337 e. The Labute approximate surface area is 102 Å². The Morgan fingerprint density at radius 3 is 2.89 bits per heavy atom. The second-order valence-electron chi connectivity index (χ2n) is 3.92. The van der Waals surface area contributed by atoms with Gasteiger partial charge in [-0.15, -0.1) is 0 Å². The number of pyridine rings is 1. The molecule has 1 aromatic heterocycles. The lowest BCUT2D eigenvalue weighted by molar-refractivity contribution is -0.123. The molecule has 2 amide bonds. The van der Waals surface area contributed by atoms with Crippen LogP contribution in [0.3, 0.4) is 0 Å². The molecule has 0 spiro atoms. The monoisotopic (exact) mass is 249 g/mol. The van der Waals surface area contributed by atoms with Gasteiger partial charge in [0.05, 0.1) is 23.4 Å². The van der Waals surface area contributed by atoms with Crippen LogP contribution < -0.4 is 10.6 Å². The number of nitrogens with zero attached hydrogens (tertiary/aromatic N) is 1. The molecule has 2 rings (SSSR count). The van der Waals surface area contributed by atoms with Crippen LogP contribution >= 0.6 is 0 Å². The quantitative estimate of drug-likeness (QED) is 0.690. The summed E-state index contributed by atoms with van der Waals surface area (Å²) in [6, 6.07) is 1.30. The van der Waals surface area contributed by atoms with E-state index in [-0.39, 0.29) is 36.0 Å². The summed E-state index contributed by atoms with van der Waals surface area (Å²) >= 11 is 0. The molecular weight excluding hydrogens is 238 g/mol. The largest absolute Gasteiger partial charge is 0.478 e. The van der Waals surface area contributed by atoms with E-state index in [9.17, 15) is 14.4 Å². The molecule has 2 heterocycles. The van der Waals surface area contributed by atoms with Gasteiger partial charge in [-0.2, -0.15) is 0 Å². The van der Waals surface area contributed by atoms with Gasteiger partial charge in [-0.05, 0) is 6.07 Å². The average molecular weight is 249 g/mol. The summed E-state index contributed by atoms with van der Waals surface area (Å²) in [6.45, 7) is 0.271. The number of carbonyl (C=O) groups excluding carboxylic acids is 2. The molecule has 1 saturated heterocycles. The van der Waals surface area contributed by atoms with E-state index in [0.717, 1.165) is 0 Å². The molecule has 0 bridgehead atoms. The molecule has 7 heteroatoms. The third kappa shape index (κ3) is 2.45. The first-order chi connectivity index (χ1) is 8.58. The summed E-state index contributed by atoms with van der Waals surface area (Å²) in [5.41, 5.74) is 0.102. The molecule has 0 aliphatic carbocycles. The summed E-state index contributed by atoms with van der Waals surface area (Å²) in [5, 5.41) is 14.0. The van der Waals surface area contributed by atoms with Gasteiger partial charge in [0, 0.05) is 19.2 Å². The average Bonchev–Trinajstić information content (AvgIpc) is 2.76. The zero-order valence-electron chi connectivity index (χ0n) is 9.34. The van der Waals surface area contributed by atoms with Crippen LogP contribution in [-0.4, -0.2) is 34.4 Å². The molecule has 1 fully saturated rings. The molecule has 1 aliphatic rings. The van der Waals surface area contributed by atoms with Crippen LogP contribution in [0.4, 0.5) is 5.69 Å². The second-order valence-corrected chi connectivity index (χ2v) is 3.92. The number of anilines is 1. The standard InChI is InChI=1S/C11H11N3O4/c15-9-3-6(4-13-9)10(16)14-8-5-12-2-1-7(8)11(17)18/h1-2,5-6H,3-4H2,(H,13,15)(H,14,16)(H,17,18). The van der Waals surface area contributed by atoms with Crippen LogP contribution in [0.2, 0.25) is 0 Å². The predicted octanol–water partition coefficient (Wildman–Crippen LogP) is -0.146. The van der Waals surface area contributed by atoms with Crippen molar-refractivity contribution in [1.82, 2.24) is 10.3 Å². The van der Waals surface area contributed by atoms with E-state index in [2.05, 4.69) is 15.6 Å². The van der Waals surface area contributed by atoms with Crippen molar-refractivity contribution in [2.45, 2.75) is 6.42 Å². The number of nitrogens with one attached hydrogen (secondary N) is 2. The molecule has 3 N–H and O–H groups in total. The van der Waals surface area contributed by atoms with Gasteiger partial charge in [-0.25, -0.2) is 4.79 Å². The molecule has 0 radical (unpaired) electrons. The zero-order chi connectivity index (χ0) is 13.1. The first-order valence-electron chi connectivity index (χ1n) is 5.33. The van der Waals surface area contributed by atoms with Crippen molar-refractivity contribution in [2.75, 3.05) is 11.9 Å². The molecule has 1 atom stereocenters. The van der Waals surface area contributed by atoms with E-state index in [1.165, 1.54) is 18.5 Å². The van der Waals surface area contributed by atoms with Crippen LogP contribution in [0, 0.1) is 5.92 Å². The number of aromatic carboxylic acids is 1. The van der Waals surface area contributed by atoms with Gasteiger partial charge in [-0.3, -0.25) is 14.6 Å². The first kappa shape index (κ1) is 12.0. The van der Waals surface area contributed by atoms with E-state index in [0.29, 0.717) is 0 Å². The highest BCUT2D eigenvalue weighted by atomic mass is 16.4. The van der Waals surface area contributed by atoms with Crippen molar-refractivity contribution < 1.29 is 19.5 Å². The van der Waals surface area contributed by atoms with Crippen molar-refractivity contribution in [3.8, 4) is 0 Å². The molecule has 7 nitrogen and oxygen atoms in total. The zero-order valence-corrected chi connectivity index (χ0v) is 9.34. The number of carboxylic acids is 1. The number of rotatable bonds is 3. The van der Waals surface area contributed by atoms with Gasteiger partial charge < -0.3 is 15.7 Å². The van der Waals surface area contributed by atoms with E-state index in [1.54, 1.807) is 0 Å². The third-order valence-electron chi connectivity index (χ3n) is 2.66. The molecular formula is C11H11N3O4. The van der Waals surface area contributed by atoms with E-state index in [1.807, 2.05) is 0 Å². The number of amides is 2. The lowest BCUT2D eigenvalue weighted by Crippen LogP contribution is -2.25. The Balaban J connectivity index is 2.12. The van der Waals surface area contributed by atoms with Gasteiger partial charge in [0.2, 0.25) is 11.8 Å². The Hall–Kier alpha value is -2.44. The highest BCUT2D eigenvalue weighted by molar-refractivity contribution is 6.02. The number of hydrogen-bond donors (Lipinski definition) is 3. The van der Waals surface area contributed by atoms with Gasteiger partial charge >= 0.3 is 5.97 Å². The van der Waals surface area contributed by atoms with E-state index >= 15 is 0 Å². The van der Waals surface area contributed by atoms with Crippen LogP contribution in [0.1, 0.15) is 16.8 Å². The Kier molecular flexibility index (Phi) is 3.22. The maximum atomic E-state index is 11.8. The van der Waals surface area contributed by atoms with Gasteiger partial charge in [-0.1, -0.05) is 0 Å². The summed E-state index contributed by atoms with van der Waals surface area (Å²) in [4.78, 5) is 37.5. The number of carbonyl (C=O) groups is 3. The lowest BCUT2D eigenvalue weighted by atomic mass is 10.1. The second kappa shape index (κ2) is 4.82. The third-order valence-corrected chi connectivity index (χ3v) is 2.66. The van der Waals surface area contributed by atoms with Crippen LogP contribution in [0.25, 0.3) is 0 Å². The fraction of sp³-hybridized carbons (Fsp3) is 0.273. The van der Waals surface area contributed by atoms with Gasteiger partial charge in [0.25, 0.3) is 0 Å². The van der Waals surface area contributed by atoms with Crippen molar-refractivity contribution in [1.29, 1.82) is 0 Å². The van der Waals surface area contributed by atoms with Crippen molar-refractivity contribution in [3.05, 3.63) is 24.0 Å². The van der Waals surface area contributed by atoms with E-state index < -0.39 is 11.9 Å². The number of hydrogen-bond acceptors (Lipinski definition) is 4. The summed E-state index contributed by atoms with van der Waals surface area (Å²) in [5.74, 6) is -2.18. The topological polar surface area (TPSA) is 108 Å². The minimum atomic E-state index is -1.15. The first-order valence-corrected chi connectivity index (χ1v) is 5.33. The highest BCUT2D eigenvalue weighted by Crippen LogP contribution is 2.16. The van der Waals surface area contributed by atoms with Crippen LogP contribution in [0.5, 0.6) is 0 Å². The minimum absolute atomic E-state index is 0.0318. The molecule has 1 aliphatic heterocycles. The Morgan fingerprint density at radius 2 is 2.28 bits per heavy atom.